The Labute approximate surface area is 116 Å². The normalized spacial score (nSPS) is 16.8. The molecule has 1 aliphatic rings. The number of rotatable bonds is 6. The average molecular weight is 314 g/mol. The number of benzene rings is 1. The minimum Gasteiger partial charge on any atom is -0.393 e. The summed E-state index contributed by atoms with van der Waals surface area (Å²) in [6.45, 7) is 1.40. The van der Waals surface area contributed by atoms with Crippen molar-refractivity contribution >= 4 is 33.1 Å². The molecule has 4 heteroatoms. The van der Waals surface area contributed by atoms with E-state index in [1.165, 1.54) is 18.4 Å². The molecule has 0 amide bonds. The molecule has 0 heterocycles. The highest BCUT2D eigenvalue weighted by Crippen LogP contribution is 2.49. The van der Waals surface area contributed by atoms with Crippen molar-refractivity contribution in [1.29, 1.82) is 0 Å². The maximum Gasteiger partial charge on any atom is 0.0733 e. The largest absolute Gasteiger partial charge is 0.393 e. The third kappa shape index (κ3) is 3.76. The first-order valence-corrected chi connectivity index (χ1v) is 6.91. The zero-order chi connectivity index (χ0) is 12.3. The molecular weight excluding hydrogens is 298 g/mol. The molecule has 0 saturated heterocycles. The Kier molecular flexibility index (Phi) is 4.17. The Morgan fingerprint density at radius 1 is 1.41 bits per heavy atom. The molecule has 0 spiro atoms. The molecule has 0 unspecified atom stereocenters. The first kappa shape index (κ1) is 13.0. The standard InChI is InChI=1S/C13H16BrNOS/c14-11-4-2-1-3-10(11)8-16-9-13(5-6-13)7-12(15)17/h1-4H,5-9H2,(H2,15,17). The first-order chi connectivity index (χ1) is 8.11. The smallest absolute Gasteiger partial charge is 0.0733 e. The lowest BCUT2D eigenvalue weighted by atomic mass is 10.0. The van der Waals surface area contributed by atoms with Crippen LogP contribution < -0.4 is 5.73 Å². The third-order valence-electron chi connectivity index (χ3n) is 3.13. The van der Waals surface area contributed by atoms with Crippen LogP contribution in [-0.4, -0.2) is 11.6 Å². The number of hydrogen-bond donors (Lipinski definition) is 1. The van der Waals surface area contributed by atoms with Gasteiger partial charge >= 0.3 is 0 Å². The van der Waals surface area contributed by atoms with E-state index in [0.29, 0.717) is 11.6 Å². The van der Waals surface area contributed by atoms with E-state index in [1.807, 2.05) is 18.2 Å². The van der Waals surface area contributed by atoms with Gasteiger partial charge in [-0.3, -0.25) is 0 Å². The van der Waals surface area contributed by atoms with Crippen LogP contribution in [0.25, 0.3) is 0 Å². The number of nitrogens with two attached hydrogens (primary N) is 1. The summed E-state index contributed by atoms with van der Waals surface area (Å²) in [6.07, 6.45) is 3.18. The molecule has 0 aliphatic heterocycles. The Morgan fingerprint density at radius 2 is 2.12 bits per heavy atom. The van der Waals surface area contributed by atoms with E-state index in [9.17, 15) is 0 Å². The van der Waals surface area contributed by atoms with Crippen molar-refractivity contribution in [2.45, 2.75) is 25.9 Å². The molecule has 92 valence electrons. The third-order valence-corrected chi connectivity index (χ3v) is 4.05. The lowest BCUT2D eigenvalue weighted by molar-refractivity contribution is 0.0801. The van der Waals surface area contributed by atoms with Crippen molar-refractivity contribution in [2.24, 2.45) is 11.1 Å². The summed E-state index contributed by atoms with van der Waals surface area (Å²) in [6, 6.07) is 8.12. The molecule has 17 heavy (non-hydrogen) atoms. The summed E-state index contributed by atoms with van der Waals surface area (Å²) < 4.78 is 6.88. The lowest BCUT2D eigenvalue weighted by Gasteiger charge is -2.14. The summed E-state index contributed by atoms with van der Waals surface area (Å²) in [5.74, 6) is 0. The Balaban J connectivity index is 1.80. The van der Waals surface area contributed by atoms with Crippen molar-refractivity contribution < 1.29 is 4.74 Å². The van der Waals surface area contributed by atoms with Crippen molar-refractivity contribution in [3.05, 3.63) is 34.3 Å². The zero-order valence-corrected chi connectivity index (χ0v) is 12.0. The highest BCUT2D eigenvalue weighted by atomic mass is 79.9. The summed E-state index contributed by atoms with van der Waals surface area (Å²) in [7, 11) is 0. The van der Waals surface area contributed by atoms with Crippen LogP contribution in [0.1, 0.15) is 24.8 Å². The van der Waals surface area contributed by atoms with Crippen molar-refractivity contribution in [1.82, 2.24) is 0 Å². The zero-order valence-electron chi connectivity index (χ0n) is 9.62. The molecule has 1 fully saturated rings. The predicted octanol–water partition coefficient (Wildman–Crippen LogP) is 3.42. The SMILES string of the molecule is NC(=S)CC1(COCc2ccccc2Br)CC1. The molecule has 1 aliphatic carbocycles. The molecule has 1 aromatic carbocycles. The van der Waals surface area contributed by atoms with Gasteiger partial charge in [0.05, 0.1) is 18.2 Å². The molecule has 1 saturated carbocycles. The van der Waals surface area contributed by atoms with Gasteiger partial charge in [-0.1, -0.05) is 46.3 Å². The van der Waals surface area contributed by atoms with Gasteiger partial charge in [0.2, 0.25) is 0 Å². The lowest BCUT2D eigenvalue weighted by Crippen LogP contribution is -2.19. The minimum atomic E-state index is 0.243. The number of hydrogen-bond acceptors (Lipinski definition) is 2. The minimum absolute atomic E-state index is 0.243. The van der Waals surface area contributed by atoms with Gasteiger partial charge in [0.25, 0.3) is 0 Å². The van der Waals surface area contributed by atoms with Crippen LogP contribution in [0.3, 0.4) is 0 Å². The Morgan fingerprint density at radius 3 is 2.71 bits per heavy atom. The summed E-state index contributed by atoms with van der Waals surface area (Å²) in [4.78, 5) is 0.604. The van der Waals surface area contributed by atoms with E-state index in [-0.39, 0.29) is 5.41 Å². The number of halogens is 1. The van der Waals surface area contributed by atoms with Gasteiger partial charge in [0.15, 0.2) is 0 Å². The summed E-state index contributed by atoms with van der Waals surface area (Å²) >= 11 is 8.48. The highest BCUT2D eigenvalue weighted by molar-refractivity contribution is 9.10. The van der Waals surface area contributed by atoms with E-state index in [1.54, 1.807) is 0 Å². The van der Waals surface area contributed by atoms with Gasteiger partial charge in [0.1, 0.15) is 0 Å². The Bertz CT molecular complexity index is 418. The molecule has 0 bridgehead atoms. The molecule has 2 nitrogen and oxygen atoms in total. The molecule has 0 aromatic heterocycles. The van der Waals surface area contributed by atoms with Crippen molar-refractivity contribution in [3.63, 3.8) is 0 Å². The van der Waals surface area contributed by atoms with Gasteiger partial charge < -0.3 is 10.5 Å². The predicted molar refractivity (Wildman–Crippen MR) is 76.9 cm³/mol. The highest BCUT2D eigenvalue weighted by Gasteiger charge is 2.43. The van der Waals surface area contributed by atoms with E-state index in [2.05, 4.69) is 22.0 Å². The van der Waals surface area contributed by atoms with Crippen molar-refractivity contribution in [2.75, 3.05) is 6.61 Å². The maximum atomic E-state index is 5.78. The molecule has 0 atom stereocenters. The van der Waals surface area contributed by atoms with Crippen LogP contribution in [-0.2, 0) is 11.3 Å². The quantitative estimate of drug-likeness (QED) is 0.817. The topological polar surface area (TPSA) is 35.2 Å². The van der Waals surface area contributed by atoms with Gasteiger partial charge in [0, 0.05) is 16.3 Å². The van der Waals surface area contributed by atoms with Gasteiger partial charge in [-0.05, 0) is 24.5 Å². The second-order valence-electron chi connectivity index (χ2n) is 4.73. The van der Waals surface area contributed by atoms with E-state index < -0.39 is 0 Å². The second kappa shape index (κ2) is 5.46. The van der Waals surface area contributed by atoms with E-state index >= 15 is 0 Å². The van der Waals surface area contributed by atoms with Crippen molar-refractivity contribution in [3.8, 4) is 0 Å². The van der Waals surface area contributed by atoms with Crippen LogP contribution in [0, 0.1) is 5.41 Å². The molecule has 2 rings (SSSR count). The fraction of sp³-hybridized carbons (Fsp3) is 0.462. The van der Waals surface area contributed by atoms with Crippen LogP contribution in [0.15, 0.2) is 28.7 Å². The Hall–Kier alpha value is -0.450. The number of ether oxygens (including phenoxy) is 1. The first-order valence-electron chi connectivity index (χ1n) is 5.71. The van der Waals surface area contributed by atoms with E-state index in [0.717, 1.165) is 17.5 Å². The van der Waals surface area contributed by atoms with Crippen LogP contribution in [0.5, 0.6) is 0 Å². The molecule has 2 N–H and O–H groups in total. The molecule has 1 aromatic rings. The van der Waals surface area contributed by atoms with Gasteiger partial charge in [-0.15, -0.1) is 0 Å². The van der Waals surface area contributed by atoms with Gasteiger partial charge in [-0.25, -0.2) is 0 Å². The number of thiocarbonyl (C=S) groups is 1. The summed E-state index contributed by atoms with van der Waals surface area (Å²) in [5.41, 5.74) is 7.02. The van der Waals surface area contributed by atoms with Crippen LogP contribution in [0.2, 0.25) is 0 Å². The summed E-state index contributed by atoms with van der Waals surface area (Å²) in [5, 5.41) is 0. The fourth-order valence-corrected chi connectivity index (χ4v) is 2.62. The van der Waals surface area contributed by atoms with E-state index in [4.69, 9.17) is 22.7 Å². The molecular formula is C13H16BrNOS. The monoisotopic (exact) mass is 313 g/mol. The average Bonchev–Trinajstić information content (AvgIpc) is 3.00. The maximum absolute atomic E-state index is 5.78. The van der Waals surface area contributed by atoms with Crippen LogP contribution >= 0.6 is 28.1 Å². The van der Waals surface area contributed by atoms with Crippen LogP contribution in [0.4, 0.5) is 0 Å². The molecule has 0 radical (unpaired) electrons. The fourth-order valence-electron chi connectivity index (χ4n) is 1.91. The second-order valence-corrected chi connectivity index (χ2v) is 6.11. The van der Waals surface area contributed by atoms with Gasteiger partial charge in [-0.2, -0.15) is 0 Å².